The van der Waals surface area contributed by atoms with E-state index in [2.05, 4.69) is 47.0 Å². The first-order valence-corrected chi connectivity index (χ1v) is 10.2. The summed E-state index contributed by atoms with van der Waals surface area (Å²) in [6.07, 6.45) is 1.65. The molecule has 0 spiro atoms. The van der Waals surface area contributed by atoms with Crippen molar-refractivity contribution in [1.82, 2.24) is 5.43 Å². The van der Waals surface area contributed by atoms with Gasteiger partial charge in [-0.1, -0.05) is 60.7 Å². The molecule has 3 rings (SSSR count). The molecule has 0 atom stereocenters. The van der Waals surface area contributed by atoms with Crippen LogP contribution in [0, 0.1) is 6.92 Å². The number of benzene rings is 3. The Morgan fingerprint density at radius 1 is 0.964 bits per heavy atom. The zero-order chi connectivity index (χ0) is 19.6. The van der Waals surface area contributed by atoms with Crippen molar-refractivity contribution in [2.75, 3.05) is 11.1 Å². The van der Waals surface area contributed by atoms with Crippen molar-refractivity contribution >= 4 is 35.3 Å². The number of para-hydroxylation sites is 1. The Morgan fingerprint density at radius 2 is 1.68 bits per heavy atom. The number of nitrogens with zero attached hydrogens (tertiary/aromatic N) is 1. The minimum absolute atomic E-state index is 0.102. The summed E-state index contributed by atoms with van der Waals surface area (Å²) >= 11 is 1.57. The van der Waals surface area contributed by atoms with Gasteiger partial charge in [-0.05, 0) is 41.8 Å². The van der Waals surface area contributed by atoms with Crippen molar-refractivity contribution in [3.8, 4) is 0 Å². The van der Waals surface area contributed by atoms with Gasteiger partial charge < -0.3 is 5.32 Å². The fraction of sp³-hybridized carbons (Fsp3) is 0.130. The molecule has 0 aliphatic heterocycles. The molecule has 0 saturated carbocycles. The van der Waals surface area contributed by atoms with Crippen LogP contribution in [0.25, 0.3) is 0 Å². The molecule has 4 nitrogen and oxygen atoms in total. The van der Waals surface area contributed by atoms with Crippen LogP contribution in [-0.2, 0) is 10.5 Å². The van der Waals surface area contributed by atoms with Gasteiger partial charge in [0.15, 0.2) is 0 Å². The van der Waals surface area contributed by atoms with Crippen LogP contribution in [0.15, 0.2) is 84.0 Å². The Balaban J connectivity index is 1.42. The van der Waals surface area contributed by atoms with Gasteiger partial charge in [0.1, 0.15) is 0 Å². The van der Waals surface area contributed by atoms with Gasteiger partial charge in [0.05, 0.1) is 12.0 Å². The Kier molecular flexibility index (Phi) is 7.27. The van der Waals surface area contributed by atoms with E-state index in [0.29, 0.717) is 5.75 Å². The third-order valence-electron chi connectivity index (χ3n) is 4.08. The van der Waals surface area contributed by atoms with Gasteiger partial charge in [-0.2, -0.15) is 5.10 Å². The number of hydrogen-bond donors (Lipinski definition) is 2. The van der Waals surface area contributed by atoms with Crippen LogP contribution < -0.4 is 10.7 Å². The quantitative estimate of drug-likeness (QED) is 0.415. The summed E-state index contributed by atoms with van der Waals surface area (Å²) in [5, 5.41) is 7.43. The van der Waals surface area contributed by atoms with Crippen LogP contribution in [0.2, 0.25) is 0 Å². The summed E-state index contributed by atoms with van der Waals surface area (Å²) < 4.78 is 0. The monoisotopic (exact) mass is 389 g/mol. The van der Waals surface area contributed by atoms with Crippen molar-refractivity contribution in [3.63, 3.8) is 0 Å². The van der Waals surface area contributed by atoms with Gasteiger partial charge in [0.2, 0.25) is 5.91 Å². The SMILES string of the molecule is Cc1ccccc1Nc1ccc(/C=N\NC(=O)CSCc2ccccc2)cc1. The summed E-state index contributed by atoms with van der Waals surface area (Å²) in [5.41, 5.74) is 8.00. The number of hydrogen-bond acceptors (Lipinski definition) is 4. The summed E-state index contributed by atoms with van der Waals surface area (Å²) in [7, 11) is 0. The fourth-order valence-corrected chi connectivity index (χ4v) is 3.35. The van der Waals surface area contributed by atoms with Crippen molar-refractivity contribution in [1.29, 1.82) is 0 Å². The lowest BCUT2D eigenvalue weighted by Crippen LogP contribution is -2.19. The van der Waals surface area contributed by atoms with Crippen LogP contribution >= 0.6 is 11.8 Å². The number of thioether (sulfide) groups is 1. The van der Waals surface area contributed by atoms with E-state index in [1.165, 1.54) is 11.1 Å². The second kappa shape index (κ2) is 10.3. The molecular formula is C23H23N3OS. The number of nitrogens with one attached hydrogen (secondary N) is 2. The summed E-state index contributed by atoms with van der Waals surface area (Å²) in [6, 6.07) is 26.2. The molecule has 2 N–H and O–H groups in total. The first-order chi connectivity index (χ1) is 13.7. The average Bonchev–Trinajstić information content (AvgIpc) is 2.72. The summed E-state index contributed by atoms with van der Waals surface area (Å²) in [6.45, 7) is 2.07. The van der Waals surface area contributed by atoms with Crippen molar-refractivity contribution < 1.29 is 4.79 Å². The second-order valence-electron chi connectivity index (χ2n) is 6.33. The molecular weight excluding hydrogens is 366 g/mol. The molecule has 3 aromatic carbocycles. The van der Waals surface area contributed by atoms with Crippen molar-refractivity contribution in [2.24, 2.45) is 5.10 Å². The maximum absolute atomic E-state index is 11.9. The van der Waals surface area contributed by atoms with Crippen LogP contribution in [0.3, 0.4) is 0 Å². The first-order valence-electron chi connectivity index (χ1n) is 9.07. The minimum atomic E-state index is -0.102. The van der Waals surface area contributed by atoms with Gasteiger partial charge in [0, 0.05) is 17.1 Å². The fourth-order valence-electron chi connectivity index (χ4n) is 2.57. The topological polar surface area (TPSA) is 53.5 Å². The highest BCUT2D eigenvalue weighted by atomic mass is 32.2. The third kappa shape index (κ3) is 6.28. The molecule has 28 heavy (non-hydrogen) atoms. The van der Waals surface area contributed by atoms with Crippen LogP contribution in [-0.4, -0.2) is 17.9 Å². The largest absolute Gasteiger partial charge is 0.355 e. The molecule has 0 aliphatic carbocycles. The second-order valence-corrected chi connectivity index (χ2v) is 7.32. The van der Waals surface area contributed by atoms with Crippen LogP contribution in [0.5, 0.6) is 0 Å². The lowest BCUT2D eigenvalue weighted by Gasteiger charge is -2.09. The number of carbonyl (C=O) groups is 1. The molecule has 1 amide bonds. The average molecular weight is 390 g/mol. The molecule has 0 saturated heterocycles. The standard InChI is InChI=1S/C23H23N3OS/c1-18-7-5-6-10-22(18)25-21-13-11-19(12-14-21)15-24-26-23(27)17-28-16-20-8-3-2-4-9-20/h2-15,25H,16-17H2,1H3,(H,26,27)/b24-15-. The predicted molar refractivity (Wildman–Crippen MR) is 119 cm³/mol. The van der Waals surface area contributed by atoms with Crippen molar-refractivity contribution in [2.45, 2.75) is 12.7 Å². The Bertz CT molecular complexity index is 924. The molecule has 0 fully saturated rings. The lowest BCUT2D eigenvalue weighted by atomic mass is 10.2. The Hall–Kier alpha value is -3.05. The van der Waals surface area contributed by atoms with E-state index in [1.54, 1.807) is 18.0 Å². The minimum Gasteiger partial charge on any atom is -0.355 e. The molecule has 142 valence electrons. The highest BCUT2D eigenvalue weighted by Gasteiger charge is 2.01. The van der Waals surface area contributed by atoms with Crippen LogP contribution in [0.4, 0.5) is 11.4 Å². The summed E-state index contributed by atoms with van der Waals surface area (Å²) in [4.78, 5) is 11.9. The number of hydrazone groups is 1. The predicted octanol–water partition coefficient (Wildman–Crippen LogP) is 5.12. The van der Waals surface area contributed by atoms with Gasteiger partial charge in [0.25, 0.3) is 0 Å². The maximum Gasteiger partial charge on any atom is 0.250 e. The first kappa shape index (κ1) is 19.7. The van der Waals surface area contributed by atoms with Gasteiger partial charge in [-0.25, -0.2) is 5.43 Å². The number of anilines is 2. The summed E-state index contributed by atoms with van der Waals surface area (Å²) in [5.74, 6) is 1.09. The van der Waals surface area contributed by atoms with Crippen LogP contribution in [0.1, 0.15) is 16.7 Å². The number of rotatable bonds is 8. The zero-order valence-electron chi connectivity index (χ0n) is 15.8. The highest BCUT2D eigenvalue weighted by Crippen LogP contribution is 2.20. The van der Waals surface area contributed by atoms with Crippen molar-refractivity contribution in [3.05, 3.63) is 95.6 Å². The van der Waals surface area contributed by atoms with Gasteiger partial charge in [-0.15, -0.1) is 11.8 Å². The Morgan fingerprint density at radius 3 is 2.43 bits per heavy atom. The molecule has 0 aromatic heterocycles. The smallest absolute Gasteiger partial charge is 0.250 e. The number of aryl methyl sites for hydroxylation is 1. The van der Waals surface area contributed by atoms with E-state index in [9.17, 15) is 4.79 Å². The van der Waals surface area contributed by atoms with E-state index in [4.69, 9.17) is 0 Å². The molecule has 0 unspecified atom stereocenters. The van der Waals surface area contributed by atoms with E-state index in [-0.39, 0.29) is 5.91 Å². The van der Waals surface area contributed by atoms with Gasteiger partial charge >= 0.3 is 0 Å². The zero-order valence-corrected chi connectivity index (χ0v) is 16.6. The van der Waals surface area contributed by atoms with E-state index >= 15 is 0 Å². The van der Waals surface area contributed by atoms with E-state index in [0.717, 1.165) is 22.7 Å². The normalized spacial score (nSPS) is 10.8. The highest BCUT2D eigenvalue weighted by molar-refractivity contribution is 7.99. The lowest BCUT2D eigenvalue weighted by molar-refractivity contribution is -0.118. The molecule has 0 aliphatic rings. The van der Waals surface area contributed by atoms with E-state index in [1.807, 2.05) is 54.6 Å². The molecule has 5 heteroatoms. The third-order valence-corrected chi connectivity index (χ3v) is 5.09. The molecule has 3 aromatic rings. The molecule has 0 heterocycles. The Labute approximate surface area is 170 Å². The maximum atomic E-state index is 11.9. The van der Waals surface area contributed by atoms with E-state index < -0.39 is 0 Å². The number of amides is 1. The number of carbonyl (C=O) groups excluding carboxylic acids is 1. The molecule has 0 bridgehead atoms. The van der Waals surface area contributed by atoms with Gasteiger partial charge in [-0.3, -0.25) is 4.79 Å². The molecule has 0 radical (unpaired) electrons.